The van der Waals surface area contributed by atoms with Crippen LogP contribution in [0, 0.1) is 46.5 Å². The molecular formula is C41H45BrN2O6. The molecule has 50 heavy (non-hydrogen) atoms. The normalized spacial score (nSPS) is 20.3. The second-order valence-electron chi connectivity index (χ2n) is 13.5. The van der Waals surface area contributed by atoms with Gasteiger partial charge >= 0.3 is 0 Å². The fourth-order valence-electron chi connectivity index (χ4n) is 6.71. The van der Waals surface area contributed by atoms with Crippen LogP contribution in [0.5, 0.6) is 11.5 Å². The van der Waals surface area contributed by atoms with Crippen LogP contribution in [0.3, 0.4) is 0 Å². The Hall–Kier alpha value is -4.47. The first-order valence-corrected chi connectivity index (χ1v) is 17.6. The summed E-state index contributed by atoms with van der Waals surface area (Å²) in [5, 5.41) is 17.9. The number of rotatable bonds is 10. The molecule has 5 rings (SSSR count). The van der Waals surface area contributed by atoms with Crippen LogP contribution in [0.4, 0.5) is 11.4 Å². The summed E-state index contributed by atoms with van der Waals surface area (Å²) < 4.78 is 12.9. The van der Waals surface area contributed by atoms with E-state index in [0.717, 1.165) is 33.4 Å². The highest BCUT2D eigenvalue weighted by Gasteiger charge is 2.56. The van der Waals surface area contributed by atoms with Gasteiger partial charge in [-0.1, -0.05) is 54.1 Å². The third kappa shape index (κ3) is 7.79. The summed E-state index contributed by atoms with van der Waals surface area (Å²) in [7, 11) is 0. The Kier molecular flexibility index (Phi) is 11.2. The van der Waals surface area contributed by atoms with Gasteiger partial charge in [0.15, 0.2) is 11.5 Å². The average molecular weight is 742 g/mol. The number of ketones is 1. The van der Waals surface area contributed by atoms with Crippen molar-refractivity contribution in [2.24, 2.45) is 11.8 Å². The highest BCUT2D eigenvalue weighted by molar-refractivity contribution is 9.10. The van der Waals surface area contributed by atoms with Gasteiger partial charge in [0.1, 0.15) is 18.3 Å². The van der Waals surface area contributed by atoms with Crippen molar-refractivity contribution in [2.45, 2.75) is 73.0 Å². The zero-order valence-electron chi connectivity index (χ0n) is 29.6. The fraction of sp³-hybridized carbons (Fsp3) is 0.341. The smallest absolute Gasteiger partial charge is 0.235 e. The van der Waals surface area contributed by atoms with Crippen molar-refractivity contribution in [3.8, 4) is 11.5 Å². The molecule has 0 bridgehead atoms. The van der Waals surface area contributed by atoms with Crippen LogP contribution < -0.4 is 20.1 Å². The number of halogens is 1. The highest BCUT2D eigenvalue weighted by atomic mass is 79.9. The molecule has 0 saturated heterocycles. The number of nitrogens with one attached hydrogen (secondary N) is 2. The molecule has 8 nitrogen and oxygen atoms in total. The zero-order chi connectivity index (χ0) is 36.3. The Labute approximate surface area is 302 Å². The summed E-state index contributed by atoms with van der Waals surface area (Å²) in [6.45, 7) is 13.6. The molecule has 1 saturated carbocycles. The minimum Gasteiger partial charge on any atom is -0.490 e. The lowest BCUT2D eigenvalue weighted by molar-refractivity contribution is -0.150. The molecule has 4 aromatic carbocycles. The molecular weight excluding hydrogens is 696 g/mol. The third-order valence-electron chi connectivity index (χ3n) is 9.78. The number of benzene rings is 4. The van der Waals surface area contributed by atoms with Crippen molar-refractivity contribution in [1.82, 2.24) is 0 Å². The molecule has 2 amide bonds. The SMILES string of the molecule is CCOc1cc(C2C(C(=O)Nc3cccc(C)c3C)C(=O)CC(C)(O)C2C(=O)Nc2cccc(C)c2C)cc(Br)c1OCc1ccc(C)cc1. The van der Waals surface area contributed by atoms with Gasteiger partial charge in [0.05, 0.1) is 22.6 Å². The van der Waals surface area contributed by atoms with Crippen LogP contribution in [0.15, 0.2) is 77.3 Å². The van der Waals surface area contributed by atoms with Gasteiger partial charge in [-0.3, -0.25) is 14.4 Å². The van der Waals surface area contributed by atoms with E-state index < -0.39 is 41.0 Å². The number of carbonyl (C=O) groups excluding carboxylic acids is 3. The van der Waals surface area contributed by atoms with E-state index in [-0.39, 0.29) is 13.0 Å². The van der Waals surface area contributed by atoms with E-state index >= 15 is 0 Å². The van der Waals surface area contributed by atoms with Crippen LogP contribution in [0.2, 0.25) is 0 Å². The van der Waals surface area contributed by atoms with Gasteiger partial charge in [0.25, 0.3) is 0 Å². The summed E-state index contributed by atoms with van der Waals surface area (Å²) in [6, 6.07) is 22.6. The summed E-state index contributed by atoms with van der Waals surface area (Å²) in [4.78, 5) is 42.7. The van der Waals surface area contributed by atoms with Crippen molar-refractivity contribution in [2.75, 3.05) is 17.2 Å². The lowest BCUT2D eigenvalue weighted by Gasteiger charge is -2.44. The summed E-state index contributed by atoms with van der Waals surface area (Å²) in [5.74, 6) is -4.26. The minimum atomic E-state index is -1.78. The van der Waals surface area contributed by atoms with Crippen molar-refractivity contribution in [3.05, 3.63) is 116 Å². The minimum absolute atomic E-state index is 0.274. The van der Waals surface area contributed by atoms with E-state index in [1.807, 2.05) is 90.1 Å². The largest absolute Gasteiger partial charge is 0.490 e. The van der Waals surface area contributed by atoms with Crippen LogP contribution in [-0.4, -0.2) is 34.9 Å². The maximum absolute atomic E-state index is 14.4. The molecule has 9 heteroatoms. The maximum atomic E-state index is 14.4. The summed E-state index contributed by atoms with van der Waals surface area (Å²) in [6.07, 6.45) is -0.378. The standard InChI is InChI=1S/C41H45BrN2O6/c1-8-49-34-20-29(19-30(42)38(34)50-22-28-17-15-23(2)16-18-28)35-36(39(46)43-31-13-9-11-24(3)26(31)5)33(45)21-41(7,48)37(35)40(47)44-32-14-10-12-25(4)27(32)6/h9-20,35-37,48H,8,21-22H2,1-7H3,(H,43,46)(H,44,47). The van der Waals surface area contributed by atoms with Crippen molar-refractivity contribution in [1.29, 1.82) is 0 Å². The van der Waals surface area contributed by atoms with Crippen molar-refractivity contribution >= 4 is 44.9 Å². The van der Waals surface area contributed by atoms with Crippen molar-refractivity contribution in [3.63, 3.8) is 0 Å². The van der Waals surface area contributed by atoms with E-state index in [0.29, 0.717) is 39.5 Å². The number of anilines is 2. The lowest BCUT2D eigenvalue weighted by atomic mass is 9.61. The third-order valence-corrected chi connectivity index (χ3v) is 10.4. The number of ether oxygens (including phenoxy) is 2. The summed E-state index contributed by atoms with van der Waals surface area (Å²) >= 11 is 3.67. The van der Waals surface area contributed by atoms with E-state index in [1.54, 1.807) is 24.3 Å². The van der Waals surface area contributed by atoms with Gasteiger partial charge in [0, 0.05) is 23.7 Å². The van der Waals surface area contributed by atoms with E-state index in [1.165, 1.54) is 6.92 Å². The van der Waals surface area contributed by atoms with Gasteiger partial charge in [-0.25, -0.2) is 0 Å². The molecule has 0 radical (unpaired) electrons. The average Bonchev–Trinajstić information content (AvgIpc) is 3.05. The van der Waals surface area contributed by atoms with Gasteiger partial charge in [-0.05, 0) is 122 Å². The quantitative estimate of drug-likeness (QED) is 0.141. The second kappa shape index (κ2) is 15.2. The van der Waals surface area contributed by atoms with E-state index in [9.17, 15) is 19.5 Å². The molecule has 3 N–H and O–H groups in total. The monoisotopic (exact) mass is 740 g/mol. The lowest BCUT2D eigenvalue weighted by Crippen LogP contribution is -2.56. The highest BCUT2D eigenvalue weighted by Crippen LogP contribution is 2.50. The first kappa shape index (κ1) is 36.8. The Balaban J connectivity index is 1.62. The molecule has 0 aliphatic heterocycles. The molecule has 1 fully saturated rings. The number of Topliss-reactive ketones (excluding diaryl/α,β-unsaturated/α-hetero) is 1. The van der Waals surface area contributed by atoms with Gasteiger partial charge < -0.3 is 25.2 Å². The molecule has 0 spiro atoms. The predicted molar refractivity (Wildman–Crippen MR) is 200 cm³/mol. The molecule has 4 atom stereocenters. The van der Waals surface area contributed by atoms with Crippen LogP contribution in [0.1, 0.15) is 65.1 Å². The number of amides is 2. The number of hydrogen-bond acceptors (Lipinski definition) is 6. The topological polar surface area (TPSA) is 114 Å². The molecule has 0 aromatic heterocycles. The number of carbonyl (C=O) groups is 3. The number of hydrogen-bond donors (Lipinski definition) is 3. The Morgan fingerprint density at radius 1 is 0.860 bits per heavy atom. The summed E-state index contributed by atoms with van der Waals surface area (Å²) in [5.41, 5.74) is 5.68. The Morgan fingerprint density at radius 2 is 1.44 bits per heavy atom. The number of aryl methyl sites for hydroxylation is 3. The first-order valence-electron chi connectivity index (χ1n) is 16.9. The zero-order valence-corrected chi connectivity index (χ0v) is 31.2. The van der Waals surface area contributed by atoms with Crippen molar-refractivity contribution < 1.29 is 29.0 Å². The van der Waals surface area contributed by atoms with Crippen LogP contribution in [-0.2, 0) is 21.0 Å². The first-order chi connectivity index (χ1) is 23.7. The fourth-order valence-corrected chi connectivity index (χ4v) is 7.28. The van der Waals surface area contributed by atoms with Gasteiger partial charge in [-0.15, -0.1) is 0 Å². The van der Waals surface area contributed by atoms with Crippen LogP contribution >= 0.6 is 15.9 Å². The molecule has 4 aromatic rings. The van der Waals surface area contributed by atoms with E-state index in [4.69, 9.17) is 9.47 Å². The van der Waals surface area contributed by atoms with Gasteiger partial charge in [0.2, 0.25) is 11.8 Å². The Morgan fingerprint density at radius 3 is 2.02 bits per heavy atom. The van der Waals surface area contributed by atoms with Gasteiger partial charge in [-0.2, -0.15) is 0 Å². The van der Waals surface area contributed by atoms with Crippen LogP contribution in [0.25, 0.3) is 0 Å². The maximum Gasteiger partial charge on any atom is 0.235 e. The second-order valence-corrected chi connectivity index (χ2v) is 14.3. The molecule has 0 heterocycles. The number of aliphatic hydroxyl groups is 1. The molecule has 262 valence electrons. The van der Waals surface area contributed by atoms with E-state index in [2.05, 4.69) is 26.6 Å². The molecule has 1 aliphatic carbocycles. The Bertz CT molecular complexity index is 1920. The molecule has 4 unspecified atom stereocenters. The molecule has 1 aliphatic rings. The predicted octanol–water partition coefficient (Wildman–Crippen LogP) is 8.29.